The Morgan fingerprint density at radius 3 is 2.13 bits per heavy atom. The van der Waals surface area contributed by atoms with Crippen molar-refractivity contribution in [1.82, 2.24) is 9.97 Å². The zero-order valence-corrected chi connectivity index (χ0v) is 14.3. The molecule has 23 heavy (non-hydrogen) atoms. The van der Waals surface area contributed by atoms with Crippen LogP contribution in [0.3, 0.4) is 0 Å². The van der Waals surface area contributed by atoms with E-state index >= 15 is 0 Å². The van der Waals surface area contributed by atoms with Gasteiger partial charge in [-0.15, -0.1) is 0 Å². The lowest BCUT2D eigenvalue weighted by Gasteiger charge is -2.06. The van der Waals surface area contributed by atoms with E-state index in [-0.39, 0.29) is 5.95 Å². The second kappa shape index (κ2) is 9.39. The fourth-order valence-electron chi connectivity index (χ4n) is 2.66. The van der Waals surface area contributed by atoms with Gasteiger partial charge in [0.1, 0.15) is 0 Å². The van der Waals surface area contributed by atoms with Crippen molar-refractivity contribution in [1.29, 1.82) is 0 Å². The highest BCUT2D eigenvalue weighted by Crippen LogP contribution is 2.18. The first-order valence-corrected chi connectivity index (χ1v) is 8.85. The summed E-state index contributed by atoms with van der Waals surface area (Å²) in [5.74, 6) is 0.0972. The van der Waals surface area contributed by atoms with Crippen molar-refractivity contribution in [2.45, 2.75) is 65.2 Å². The van der Waals surface area contributed by atoms with E-state index in [9.17, 15) is 4.39 Å². The van der Waals surface area contributed by atoms with Crippen LogP contribution < -0.4 is 0 Å². The average Bonchev–Trinajstić information content (AvgIpc) is 2.57. The zero-order chi connectivity index (χ0) is 16.5. The smallest absolute Gasteiger partial charge is 0.219 e. The molecule has 0 amide bonds. The van der Waals surface area contributed by atoms with E-state index in [1.165, 1.54) is 24.8 Å². The molecule has 0 fully saturated rings. The van der Waals surface area contributed by atoms with Crippen LogP contribution >= 0.6 is 0 Å². The summed E-state index contributed by atoms with van der Waals surface area (Å²) < 4.78 is 14.1. The van der Waals surface area contributed by atoms with Crippen molar-refractivity contribution in [2.75, 3.05) is 0 Å². The van der Waals surface area contributed by atoms with Gasteiger partial charge in [-0.1, -0.05) is 63.8 Å². The first-order valence-electron chi connectivity index (χ1n) is 8.85. The Bertz CT molecular complexity index is 593. The number of benzene rings is 1. The van der Waals surface area contributed by atoms with Gasteiger partial charge in [0.2, 0.25) is 5.95 Å². The molecule has 0 aliphatic heterocycles. The summed E-state index contributed by atoms with van der Waals surface area (Å²) in [7, 11) is 0. The monoisotopic (exact) mass is 314 g/mol. The third-order valence-corrected chi connectivity index (χ3v) is 4.14. The molecule has 0 saturated heterocycles. The Labute approximate surface area is 139 Å². The van der Waals surface area contributed by atoms with Gasteiger partial charge in [0.05, 0.1) is 0 Å². The zero-order valence-electron chi connectivity index (χ0n) is 14.3. The average molecular weight is 314 g/mol. The molecule has 124 valence electrons. The highest BCUT2D eigenvalue weighted by Gasteiger charge is 2.08. The largest absolute Gasteiger partial charge is 0.236 e. The molecule has 1 aromatic heterocycles. The molecule has 0 aliphatic carbocycles. The molecule has 0 N–H and O–H groups in total. The van der Waals surface area contributed by atoms with Crippen molar-refractivity contribution in [2.24, 2.45) is 0 Å². The number of aryl methyl sites for hydroxylation is 2. The van der Waals surface area contributed by atoms with E-state index in [2.05, 4.69) is 35.9 Å². The number of hydrogen-bond donors (Lipinski definition) is 0. The Hall–Kier alpha value is -1.77. The van der Waals surface area contributed by atoms with Gasteiger partial charge in [0, 0.05) is 17.3 Å². The number of nitrogens with zero attached hydrogens (tertiary/aromatic N) is 2. The van der Waals surface area contributed by atoms with Crippen molar-refractivity contribution < 1.29 is 4.39 Å². The molecule has 2 aromatic rings. The van der Waals surface area contributed by atoms with Gasteiger partial charge < -0.3 is 0 Å². The van der Waals surface area contributed by atoms with Gasteiger partial charge in [-0.25, -0.2) is 4.98 Å². The summed E-state index contributed by atoms with van der Waals surface area (Å²) >= 11 is 0. The van der Waals surface area contributed by atoms with E-state index < -0.39 is 0 Å². The van der Waals surface area contributed by atoms with Gasteiger partial charge in [-0.2, -0.15) is 9.37 Å². The molecule has 0 aliphatic rings. The number of rotatable bonds is 9. The molecule has 0 radical (unpaired) electrons. The maximum absolute atomic E-state index is 14.1. The van der Waals surface area contributed by atoms with Gasteiger partial charge in [0.25, 0.3) is 0 Å². The van der Waals surface area contributed by atoms with Crippen LogP contribution in [-0.4, -0.2) is 9.97 Å². The molecule has 0 atom stereocenters. The molecule has 3 heteroatoms. The molecule has 2 rings (SSSR count). The normalized spacial score (nSPS) is 10.9. The maximum atomic E-state index is 14.1. The van der Waals surface area contributed by atoms with Crippen molar-refractivity contribution >= 4 is 0 Å². The minimum atomic E-state index is -0.377. The second-order valence-corrected chi connectivity index (χ2v) is 6.12. The van der Waals surface area contributed by atoms with Gasteiger partial charge in [-0.3, -0.25) is 0 Å². The van der Waals surface area contributed by atoms with E-state index in [4.69, 9.17) is 0 Å². The lowest BCUT2D eigenvalue weighted by molar-refractivity contribution is 0.556. The summed E-state index contributed by atoms with van der Waals surface area (Å²) in [6, 6.07) is 8.18. The highest BCUT2D eigenvalue weighted by molar-refractivity contribution is 5.55. The summed E-state index contributed by atoms with van der Waals surface area (Å²) in [4.78, 5) is 8.39. The van der Waals surface area contributed by atoms with Crippen molar-refractivity contribution in [3.8, 4) is 11.4 Å². The van der Waals surface area contributed by atoms with E-state index in [1.807, 2.05) is 12.1 Å². The van der Waals surface area contributed by atoms with E-state index in [0.29, 0.717) is 11.4 Å². The number of unbranched alkanes of at least 4 members (excludes halogenated alkanes) is 4. The Kier molecular flexibility index (Phi) is 7.18. The van der Waals surface area contributed by atoms with Crippen molar-refractivity contribution in [3.05, 3.63) is 47.5 Å². The van der Waals surface area contributed by atoms with Gasteiger partial charge in [0.15, 0.2) is 5.82 Å². The third kappa shape index (κ3) is 5.42. The minimum Gasteiger partial charge on any atom is -0.236 e. The van der Waals surface area contributed by atoms with Crippen LogP contribution in [0.1, 0.15) is 63.5 Å². The van der Waals surface area contributed by atoms with Gasteiger partial charge in [-0.05, 0) is 31.2 Å². The second-order valence-electron chi connectivity index (χ2n) is 6.12. The molecule has 0 saturated carbocycles. The SMILES string of the molecule is CCCCCc1ccc(-c2ncc(CCCCC)c(F)n2)cc1. The van der Waals surface area contributed by atoms with Crippen LogP contribution in [0, 0.1) is 5.95 Å². The molecule has 2 nitrogen and oxygen atoms in total. The minimum absolute atomic E-state index is 0.377. The van der Waals surface area contributed by atoms with Crippen LogP contribution in [0.25, 0.3) is 11.4 Å². The molecular weight excluding hydrogens is 287 g/mol. The fourth-order valence-corrected chi connectivity index (χ4v) is 2.66. The molecule has 0 unspecified atom stereocenters. The summed E-state index contributed by atoms with van der Waals surface area (Å²) in [5.41, 5.74) is 2.82. The summed E-state index contributed by atoms with van der Waals surface area (Å²) in [5, 5.41) is 0. The van der Waals surface area contributed by atoms with Crippen molar-refractivity contribution in [3.63, 3.8) is 0 Å². The molecular formula is C20H27FN2. The predicted octanol–water partition coefficient (Wildman–Crippen LogP) is 5.75. The summed E-state index contributed by atoms with van der Waals surface area (Å²) in [6.07, 6.45) is 10.4. The van der Waals surface area contributed by atoms with E-state index in [0.717, 1.165) is 37.7 Å². The number of aromatic nitrogens is 2. The molecule has 1 aromatic carbocycles. The highest BCUT2D eigenvalue weighted by atomic mass is 19.1. The number of hydrogen-bond acceptors (Lipinski definition) is 2. The molecule has 0 bridgehead atoms. The molecule has 1 heterocycles. The van der Waals surface area contributed by atoms with E-state index in [1.54, 1.807) is 6.20 Å². The first-order chi connectivity index (χ1) is 11.2. The Morgan fingerprint density at radius 2 is 1.52 bits per heavy atom. The van der Waals surface area contributed by atoms with Crippen LogP contribution in [0.2, 0.25) is 0 Å². The standard InChI is InChI=1S/C20H27FN2/c1-3-5-7-9-16-11-13-17(14-12-16)20-22-15-18(19(21)23-20)10-8-6-4-2/h11-15H,3-10H2,1-2H3. The lowest BCUT2D eigenvalue weighted by atomic mass is 10.0. The lowest BCUT2D eigenvalue weighted by Crippen LogP contribution is -1.99. The quantitative estimate of drug-likeness (QED) is 0.435. The fraction of sp³-hybridized carbons (Fsp3) is 0.500. The van der Waals surface area contributed by atoms with Crippen LogP contribution in [0.4, 0.5) is 4.39 Å². The third-order valence-electron chi connectivity index (χ3n) is 4.14. The van der Waals surface area contributed by atoms with Crippen LogP contribution in [0.5, 0.6) is 0 Å². The Morgan fingerprint density at radius 1 is 0.870 bits per heavy atom. The molecule has 0 spiro atoms. The summed E-state index contributed by atoms with van der Waals surface area (Å²) in [6.45, 7) is 4.35. The van der Waals surface area contributed by atoms with Crippen LogP contribution in [-0.2, 0) is 12.8 Å². The first kappa shape index (κ1) is 17.6. The maximum Gasteiger partial charge on any atom is 0.219 e. The Balaban J connectivity index is 2.02. The predicted molar refractivity (Wildman–Crippen MR) is 93.9 cm³/mol. The number of halogens is 1. The van der Waals surface area contributed by atoms with Gasteiger partial charge >= 0.3 is 0 Å². The van der Waals surface area contributed by atoms with Crippen LogP contribution in [0.15, 0.2) is 30.5 Å². The topological polar surface area (TPSA) is 25.8 Å².